The van der Waals surface area contributed by atoms with Gasteiger partial charge >= 0.3 is 0 Å². The maximum Gasteiger partial charge on any atom is 0.105 e. The van der Waals surface area contributed by atoms with Gasteiger partial charge in [-0.05, 0) is 49.4 Å². The standard InChI is InChI=1S/C22H33N2/c1-7-19-8-10-20(11-9-19)22(23)15-24(5,6)14-21-17(3)12-16(2)13-18(21)4/h8-13,22H,7,14-15,23H2,1-6H3/q+1. The van der Waals surface area contributed by atoms with E-state index in [4.69, 9.17) is 5.73 Å². The first-order valence-corrected chi connectivity index (χ1v) is 8.95. The van der Waals surface area contributed by atoms with Crippen molar-refractivity contribution in [3.8, 4) is 0 Å². The van der Waals surface area contributed by atoms with E-state index in [1.165, 1.54) is 33.4 Å². The molecule has 1 atom stereocenters. The van der Waals surface area contributed by atoms with Crippen LogP contribution in [0.15, 0.2) is 36.4 Å². The fraction of sp³-hybridized carbons (Fsp3) is 0.455. The summed E-state index contributed by atoms with van der Waals surface area (Å²) in [6, 6.07) is 13.4. The van der Waals surface area contributed by atoms with Crippen LogP contribution in [0, 0.1) is 20.8 Å². The minimum Gasteiger partial charge on any atom is -0.323 e. The van der Waals surface area contributed by atoms with Crippen molar-refractivity contribution >= 4 is 0 Å². The van der Waals surface area contributed by atoms with E-state index in [2.05, 4.69) is 78.2 Å². The largest absolute Gasteiger partial charge is 0.323 e. The van der Waals surface area contributed by atoms with E-state index in [1.54, 1.807) is 0 Å². The summed E-state index contributed by atoms with van der Waals surface area (Å²) in [4.78, 5) is 0. The Kier molecular flexibility index (Phi) is 5.84. The van der Waals surface area contributed by atoms with E-state index in [0.29, 0.717) is 0 Å². The third kappa shape index (κ3) is 4.68. The summed E-state index contributed by atoms with van der Waals surface area (Å²) >= 11 is 0. The Morgan fingerprint density at radius 2 is 1.50 bits per heavy atom. The van der Waals surface area contributed by atoms with E-state index < -0.39 is 0 Å². The molecular formula is C22H33N2+. The lowest BCUT2D eigenvalue weighted by Crippen LogP contribution is -2.44. The van der Waals surface area contributed by atoms with Gasteiger partial charge in [0.05, 0.1) is 26.7 Å². The lowest BCUT2D eigenvalue weighted by atomic mass is 9.98. The van der Waals surface area contributed by atoms with Gasteiger partial charge in [-0.2, -0.15) is 0 Å². The average molecular weight is 326 g/mol. The number of quaternary nitrogens is 1. The van der Waals surface area contributed by atoms with Crippen molar-refractivity contribution in [1.82, 2.24) is 0 Å². The van der Waals surface area contributed by atoms with Gasteiger partial charge in [-0.3, -0.25) is 0 Å². The molecule has 2 nitrogen and oxygen atoms in total. The molecule has 0 bridgehead atoms. The number of aryl methyl sites for hydroxylation is 4. The van der Waals surface area contributed by atoms with Crippen molar-refractivity contribution in [2.45, 2.75) is 46.7 Å². The van der Waals surface area contributed by atoms with Crippen LogP contribution >= 0.6 is 0 Å². The van der Waals surface area contributed by atoms with Gasteiger partial charge in [0, 0.05) is 5.56 Å². The molecule has 2 aromatic rings. The monoisotopic (exact) mass is 325 g/mol. The minimum absolute atomic E-state index is 0.0666. The molecule has 0 heterocycles. The maximum absolute atomic E-state index is 6.51. The SMILES string of the molecule is CCc1ccc(C(N)C[N+](C)(C)Cc2c(C)cc(C)cc2C)cc1. The summed E-state index contributed by atoms with van der Waals surface area (Å²) in [5.74, 6) is 0. The van der Waals surface area contributed by atoms with Crippen LogP contribution < -0.4 is 5.73 Å². The Balaban J connectivity index is 2.12. The molecule has 0 aliphatic rings. The van der Waals surface area contributed by atoms with Crippen LogP contribution in [0.4, 0.5) is 0 Å². The van der Waals surface area contributed by atoms with Gasteiger partial charge in [-0.25, -0.2) is 0 Å². The highest BCUT2D eigenvalue weighted by atomic mass is 15.3. The summed E-state index contributed by atoms with van der Waals surface area (Å²) in [6.45, 7) is 10.7. The Morgan fingerprint density at radius 1 is 0.958 bits per heavy atom. The minimum atomic E-state index is 0.0666. The molecule has 0 fully saturated rings. The maximum atomic E-state index is 6.51. The van der Waals surface area contributed by atoms with Gasteiger partial charge in [0.15, 0.2) is 0 Å². The van der Waals surface area contributed by atoms with Crippen LogP contribution in [0.5, 0.6) is 0 Å². The van der Waals surface area contributed by atoms with Crippen molar-refractivity contribution in [2.75, 3.05) is 20.6 Å². The van der Waals surface area contributed by atoms with Gasteiger partial charge in [-0.15, -0.1) is 0 Å². The third-order valence-electron chi connectivity index (χ3n) is 4.93. The van der Waals surface area contributed by atoms with Crippen LogP contribution in [0.2, 0.25) is 0 Å². The molecule has 0 aliphatic carbocycles. The Labute approximate surface area is 147 Å². The quantitative estimate of drug-likeness (QED) is 0.780. The van der Waals surface area contributed by atoms with Crippen molar-refractivity contribution in [2.24, 2.45) is 5.73 Å². The molecule has 2 N–H and O–H groups in total. The van der Waals surface area contributed by atoms with E-state index in [9.17, 15) is 0 Å². The Morgan fingerprint density at radius 3 is 2.00 bits per heavy atom. The molecule has 0 saturated heterocycles. The molecule has 2 rings (SSSR count). The van der Waals surface area contributed by atoms with Crippen molar-refractivity contribution in [3.63, 3.8) is 0 Å². The molecule has 0 aliphatic heterocycles. The molecule has 0 radical (unpaired) electrons. The van der Waals surface area contributed by atoms with E-state index in [1.807, 2.05) is 0 Å². The molecule has 24 heavy (non-hydrogen) atoms. The Hall–Kier alpha value is -1.64. The van der Waals surface area contributed by atoms with Gasteiger partial charge in [-0.1, -0.05) is 48.9 Å². The molecule has 2 heteroatoms. The van der Waals surface area contributed by atoms with Crippen molar-refractivity contribution in [3.05, 3.63) is 69.8 Å². The predicted octanol–water partition coefficient (Wildman–Crippen LogP) is 4.45. The van der Waals surface area contributed by atoms with Gasteiger partial charge in [0.1, 0.15) is 6.54 Å². The molecule has 1 unspecified atom stereocenters. The number of nitrogens with zero attached hydrogens (tertiary/aromatic N) is 1. The number of rotatable bonds is 6. The topological polar surface area (TPSA) is 26.0 Å². The highest BCUT2D eigenvalue weighted by Crippen LogP contribution is 2.23. The summed E-state index contributed by atoms with van der Waals surface area (Å²) in [6.07, 6.45) is 1.07. The second-order valence-electron chi connectivity index (χ2n) is 7.86. The van der Waals surface area contributed by atoms with E-state index >= 15 is 0 Å². The molecular weight excluding hydrogens is 292 g/mol. The second kappa shape index (κ2) is 7.50. The first kappa shape index (κ1) is 18.7. The number of hydrogen-bond donors (Lipinski definition) is 1. The van der Waals surface area contributed by atoms with Crippen LogP contribution in [-0.4, -0.2) is 25.1 Å². The number of benzene rings is 2. The molecule has 0 spiro atoms. The van der Waals surface area contributed by atoms with Gasteiger partial charge < -0.3 is 10.2 Å². The normalized spacial score (nSPS) is 13.1. The number of likely N-dealkylation sites (N-methyl/N-ethyl adjacent to an activating group) is 1. The van der Waals surface area contributed by atoms with E-state index in [0.717, 1.165) is 24.0 Å². The lowest BCUT2D eigenvalue weighted by Gasteiger charge is -2.33. The van der Waals surface area contributed by atoms with Crippen molar-refractivity contribution in [1.29, 1.82) is 0 Å². The smallest absolute Gasteiger partial charge is 0.105 e. The molecule has 2 aromatic carbocycles. The third-order valence-corrected chi connectivity index (χ3v) is 4.93. The molecule has 130 valence electrons. The molecule has 0 aromatic heterocycles. The first-order chi connectivity index (χ1) is 11.2. The summed E-state index contributed by atoms with van der Waals surface area (Å²) in [7, 11) is 4.55. The van der Waals surface area contributed by atoms with Crippen molar-refractivity contribution < 1.29 is 4.48 Å². The zero-order valence-electron chi connectivity index (χ0n) is 16.2. The van der Waals surface area contributed by atoms with Crippen LogP contribution in [0.1, 0.15) is 46.3 Å². The first-order valence-electron chi connectivity index (χ1n) is 8.95. The summed E-state index contributed by atoms with van der Waals surface area (Å²) in [5.41, 5.74) is 14.7. The summed E-state index contributed by atoms with van der Waals surface area (Å²) in [5, 5.41) is 0. The second-order valence-corrected chi connectivity index (χ2v) is 7.86. The fourth-order valence-electron chi connectivity index (χ4n) is 3.59. The Bertz CT molecular complexity index is 661. The predicted molar refractivity (Wildman–Crippen MR) is 104 cm³/mol. The average Bonchev–Trinajstić information content (AvgIpc) is 2.50. The zero-order chi connectivity index (χ0) is 17.9. The zero-order valence-corrected chi connectivity index (χ0v) is 16.2. The van der Waals surface area contributed by atoms with Gasteiger partial charge in [0.25, 0.3) is 0 Å². The molecule has 0 saturated carbocycles. The highest BCUT2D eigenvalue weighted by Gasteiger charge is 2.23. The van der Waals surface area contributed by atoms with Crippen LogP contribution in [0.3, 0.4) is 0 Å². The summed E-state index contributed by atoms with van der Waals surface area (Å²) < 4.78 is 0.890. The lowest BCUT2D eigenvalue weighted by molar-refractivity contribution is -0.905. The van der Waals surface area contributed by atoms with E-state index in [-0.39, 0.29) is 6.04 Å². The van der Waals surface area contributed by atoms with Crippen LogP contribution in [0.25, 0.3) is 0 Å². The van der Waals surface area contributed by atoms with Crippen LogP contribution in [-0.2, 0) is 13.0 Å². The molecule has 0 amide bonds. The number of nitrogens with two attached hydrogens (primary N) is 1. The highest BCUT2D eigenvalue weighted by molar-refractivity contribution is 5.37. The fourth-order valence-corrected chi connectivity index (χ4v) is 3.59. The number of hydrogen-bond acceptors (Lipinski definition) is 1. The van der Waals surface area contributed by atoms with Gasteiger partial charge in [0.2, 0.25) is 0 Å².